The second kappa shape index (κ2) is 15.4. The zero-order chi connectivity index (χ0) is 26.7. The third-order valence-electron chi connectivity index (χ3n) is 6.87. The van der Waals surface area contributed by atoms with Crippen molar-refractivity contribution in [1.82, 2.24) is 15.8 Å². The molecule has 1 aliphatic carbocycles. The number of halogens is 1. The van der Waals surface area contributed by atoms with E-state index in [-0.39, 0.29) is 30.0 Å². The summed E-state index contributed by atoms with van der Waals surface area (Å²) in [6.07, 6.45) is 8.16. The molecule has 212 valence electrons. The Morgan fingerprint density at radius 2 is 1.68 bits per heavy atom. The first-order valence-electron chi connectivity index (χ1n) is 13.1. The molecular formula is C27H40ClN3O6S. The van der Waals surface area contributed by atoms with Gasteiger partial charge in [0.1, 0.15) is 5.75 Å². The highest BCUT2D eigenvalue weighted by molar-refractivity contribution is 7.93. The molecule has 0 aliphatic heterocycles. The number of nitrogens with zero attached hydrogens (tertiary/aromatic N) is 1. The Balaban J connectivity index is 0.00000507. The molecule has 1 heterocycles. The number of ether oxygens (including phenoxy) is 2. The number of amides is 1. The second-order valence-corrected chi connectivity index (χ2v) is 11.5. The van der Waals surface area contributed by atoms with E-state index in [4.69, 9.17) is 9.47 Å². The van der Waals surface area contributed by atoms with E-state index in [2.05, 4.69) is 17.2 Å². The summed E-state index contributed by atoms with van der Waals surface area (Å²) in [6.45, 7) is 5.38. The van der Waals surface area contributed by atoms with E-state index in [9.17, 15) is 18.4 Å². The van der Waals surface area contributed by atoms with Gasteiger partial charge in [0.15, 0.2) is 0 Å². The van der Waals surface area contributed by atoms with E-state index in [1.54, 1.807) is 42.1 Å². The fourth-order valence-electron chi connectivity index (χ4n) is 4.82. The molecule has 0 saturated heterocycles. The van der Waals surface area contributed by atoms with Gasteiger partial charge in [-0.1, -0.05) is 20.3 Å². The number of hydrogen-bond donors (Lipinski definition) is 3. The van der Waals surface area contributed by atoms with Crippen molar-refractivity contribution in [2.45, 2.75) is 81.2 Å². The van der Waals surface area contributed by atoms with Crippen LogP contribution in [0.1, 0.15) is 64.4 Å². The lowest BCUT2D eigenvalue weighted by Gasteiger charge is -2.42. The summed E-state index contributed by atoms with van der Waals surface area (Å²) >= 11 is 0. The molecule has 3 rings (SSSR count). The first-order chi connectivity index (χ1) is 17.9. The Labute approximate surface area is 232 Å². The number of carbonyl (C=O) groups is 1. The van der Waals surface area contributed by atoms with Crippen LogP contribution in [0.3, 0.4) is 0 Å². The average Bonchev–Trinajstić information content (AvgIpc) is 2.93. The van der Waals surface area contributed by atoms with Gasteiger partial charge in [-0.25, -0.2) is 13.9 Å². The molecule has 1 fully saturated rings. The molecule has 1 saturated carbocycles. The fraction of sp³-hybridized carbons (Fsp3) is 0.556. The molecule has 0 spiro atoms. The second-order valence-electron chi connectivity index (χ2n) is 9.41. The van der Waals surface area contributed by atoms with Crippen LogP contribution in [0.25, 0.3) is 0 Å². The number of hydroxylamine groups is 1. The Hall–Kier alpha value is -2.24. The number of sulfone groups is 1. The van der Waals surface area contributed by atoms with Gasteiger partial charge in [-0.05, 0) is 80.5 Å². The van der Waals surface area contributed by atoms with Crippen LogP contribution in [0.4, 0.5) is 0 Å². The maximum atomic E-state index is 14.3. The molecular weight excluding hydrogens is 530 g/mol. The van der Waals surface area contributed by atoms with Crippen LogP contribution in [0.2, 0.25) is 0 Å². The standard InChI is InChI=1S/C27H39N3O6S.ClH/c1-3-5-19-36-24-10-12-25(13-11-24)37(33,34)27(26(31)30-32,29-20-21-14-16-28-17-15-21)22-6-8-23(9-7-22)35-18-4-2;/h10-17,22-23,29,32H,3-9,18-20H2,1-2H3,(H,30,31);1H/t22?,23?,27-;/m1./s1. The van der Waals surface area contributed by atoms with Crippen molar-refractivity contribution in [3.8, 4) is 5.75 Å². The van der Waals surface area contributed by atoms with Crippen molar-refractivity contribution in [2.75, 3.05) is 13.2 Å². The first-order valence-corrected chi connectivity index (χ1v) is 14.5. The molecule has 1 aromatic heterocycles. The summed E-state index contributed by atoms with van der Waals surface area (Å²) in [4.78, 5) is 15.3. The van der Waals surface area contributed by atoms with Gasteiger partial charge in [0.25, 0.3) is 5.91 Å². The van der Waals surface area contributed by atoms with Crippen LogP contribution < -0.4 is 15.5 Å². The Morgan fingerprint density at radius 1 is 1.03 bits per heavy atom. The van der Waals surface area contributed by atoms with Crippen molar-refractivity contribution in [3.05, 3.63) is 54.4 Å². The molecule has 3 N–H and O–H groups in total. The highest BCUT2D eigenvalue weighted by Gasteiger charge is 2.57. The molecule has 2 aromatic rings. The van der Waals surface area contributed by atoms with Gasteiger partial charge in [-0.3, -0.25) is 20.3 Å². The predicted octanol–water partition coefficient (Wildman–Crippen LogP) is 4.43. The third-order valence-corrected chi connectivity index (χ3v) is 9.28. The molecule has 0 bridgehead atoms. The van der Waals surface area contributed by atoms with Crippen LogP contribution in [-0.4, -0.2) is 48.7 Å². The highest BCUT2D eigenvalue weighted by Crippen LogP contribution is 2.41. The van der Waals surface area contributed by atoms with Crippen LogP contribution in [0, 0.1) is 5.92 Å². The van der Waals surface area contributed by atoms with E-state index in [0.29, 0.717) is 44.6 Å². The number of rotatable bonds is 14. The lowest BCUT2D eigenvalue weighted by molar-refractivity contribution is -0.135. The third kappa shape index (κ3) is 7.45. The first kappa shape index (κ1) is 32.0. The Kier molecular flexibility index (Phi) is 12.9. The van der Waals surface area contributed by atoms with Crippen molar-refractivity contribution < 1.29 is 27.9 Å². The molecule has 0 unspecified atom stereocenters. The van der Waals surface area contributed by atoms with E-state index < -0.39 is 26.5 Å². The number of nitrogens with one attached hydrogen (secondary N) is 2. The maximum Gasteiger partial charge on any atom is 0.280 e. The quantitative estimate of drug-likeness (QED) is 0.173. The molecule has 11 heteroatoms. The van der Waals surface area contributed by atoms with Crippen LogP contribution in [-0.2, 0) is 25.9 Å². The van der Waals surface area contributed by atoms with Crippen molar-refractivity contribution in [2.24, 2.45) is 5.92 Å². The molecule has 9 nitrogen and oxygen atoms in total. The zero-order valence-corrected chi connectivity index (χ0v) is 23.7. The lowest BCUT2D eigenvalue weighted by atomic mass is 9.81. The number of aromatic nitrogens is 1. The smallest absolute Gasteiger partial charge is 0.280 e. The van der Waals surface area contributed by atoms with Gasteiger partial charge in [-0.15, -0.1) is 12.4 Å². The maximum absolute atomic E-state index is 14.3. The van der Waals surface area contributed by atoms with Gasteiger partial charge in [0, 0.05) is 31.5 Å². The largest absolute Gasteiger partial charge is 0.494 e. The summed E-state index contributed by atoms with van der Waals surface area (Å²) < 4.78 is 40.1. The minimum atomic E-state index is -4.32. The number of pyridine rings is 1. The monoisotopic (exact) mass is 569 g/mol. The molecule has 0 radical (unpaired) electrons. The topological polar surface area (TPSA) is 127 Å². The molecule has 38 heavy (non-hydrogen) atoms. The summed E-state index contributed by atoms with van der Waals surface area (Å²) in [5.41, 5.74) is 2.42. The molecule has 1 amide bonds. The van der Waals surface area contributed by atoms with E-state index in [1.165, 1.54) is 12.1 Å². The number of benzene rings is 1. The highest BCUT2D eigenvalue weighted by atomic mass is 35.5. The van der Waals surface area contributed by atoms with Gasteiger partial charge in [0.2, 0.25) is 14.7 Å². The van der Waals surface area contributed by atoms with E-state index >= 15 is 0 Å². The number of carbonyl (C=O) groups excluding carboxylic acids is 1. The Bertz CT molecular complexity index is 1080. The summed E-state index contributed by atoms with van der Waals surface area (Å²) in [5.74, 6) is -1.03. The van der Waals surface area contributed by atoms with E-state index in [0.717, 1.165) is 24.8 Å². The van der Waals surface area contributed by atoms with Crippen molar-refractivity contribution >= 4 is 28.2 Å². The number of hydrogen-bond acceptors (Lipinski definition) is 8. The average molecular weight is 570 g/mol. The van der Waals surface area contributed by atoms with Gasteiger partial charge in [0.05, 0.1) is 17.6 Å². The van der Waals surface area contributed by atoms with Crippen LogP contribution >= 0.6 is 12.4 Å². The minimum absolute atomic E-state index is 0. The van der Waals surface area contributed by atoms with E-state index in [1.807, 2.05) is 6.92 Å². The van der Waals surface area contributed by atoms with Gasteiger partial charge >= 0.3 is 0 Å². The zero-order valence-electron chi connectivity index (χ0n) is 22.1. The number of unbranched alkanes of at least 4 members (excludes halogenated alkanes) is 1. The normalized spacial score (nSPS) is 19.1. The lowest BCUT2D eigenvalue weighted by Crippen LogP contribution is -2.66. The molecule has 1 atom stereocenters. The summed E-state index contributed by atoms with van der Waals surface area (Å²) in [5, 5.41) is 12.8. The van der Waals surface area contributed by atoms with Crippen molar-refractivity contribution in [3.63, 3.8) is 0 Å². The SMILES string of the molecule is CCCCOc1ccc(S(=O)(=O)[C@@](NCc2ccncc2)(C(=O)NO)C2CCC(OCCC)CC2)cc1.Cl. The van der Waals surface area contributed by atoms with Crippen LogP contribution in [0.15, 0.2) is 53.7 Å². The Morgan fingerprint density at radius 3 is 2.26 bits per heavy atom. The summed E-state index contributed by atoms with van der Waals surface area (Å²) in [7, 11) is -4.32. The van der Waals surface area contributed by atoms with Gasteiger partial charge in [-0.2, -0.15) is 0 Å². The molecule has 1 aliphatic rings. The fourth-order valence-corrected chi connectivity index (χ4v) is 6.91. The van der Waals surface area contributed by atoms with Crippen molar-refractivity contribution in [1.29, 1.82) is 0 Å². The van der Waals surface area contributed by atoms with Gasteiger partial charge < -0.3 is 9.47 Å². The summed E-state index contributed by atoms with van der Waals surface area (Å²) in [6, 6.07) is 9.61. The van der Waals surface area contributed by atoms with Crippen LogP contribution in [0.5, 0.6) is 5.75 Å². The molecule has 1 aromatic carbocycles. The predicted molar refractivity (Wildman–Crippen MR) is 147 cm³/mol. The minimum Gasteiger partial charge on any atom is -0.494 e.